The zero-order valence-corrected chi connectivity index (χ0v) is 17.0. The van der Waals surface area contributed by atoms with Crippen molar-refractivity contribution < 1.29 is 9.53 Å². The second kappa shape index (κ2) is 10.9. The molecule has 3 atom stereocenters. The molecular weight excluding hydrogens is 373 g/mol. The number of nitrogens with one attached hydrogen (secondary N) is 1. The summed E-state index contributed by atoms with van der Waals surface area (Å²) in [4.78, 5) is 14.8. The van der Waals surface area contributed by atoms with Gasteiger partial charge in [-0.2, -0.15) is 0 Å². The number of carbonyl (C=O) groups is 1. The van der Waals surface area contributed by atoms with Gasteiger partial charge < -0.3 is 20.7 Å². The van der Waals surface area contributed by atoms with E-state index in [1.165, 1.54) is 5.69 Å². The van der Waals surface area contributed by atoms with Crippen molar-refractivity contribution in [3.8, 4) is 5.75 Å². The Labute approximate surface area is 168 Å². The molecule has 3 rings (SSSR count). The van der Waals surface area contributed by atoms with E-state index in [1.54, 1.807) is 7.11 Å². The van der Waals surface area contributed by atoms with Crippen LogP contribution >= 0.6 is 24.8 Å². The van der Waals surface area contributed by atoms with Gasteiger partial charge in [-0.3, -0.25) is 4.79 Å². The Hall–Kier alpha value is -1.17. The van der Waals surface area contributed by atoms with Gasteiger partial charge in [0.2, 0.25) is 5.91 Å². The van der Waals surface area contributed by atoms with Crippen molar-refractivity contribution >= 4 is 36.4 Å². The molecule has 0 radical (unpaired) electrons. The van der Waals surface area contributed by atoms with E-state index in [9.17, 15) is 4.79 Å². The van der Waals surface area contributed by atoms with Crippen molar-refractivity contribution in [1.29, 1.82) is 0 Å². The first-order valence-corrected chi connectivity index (χ1v) is 9.08. The summed E-state index contributed by atoms with van der Waals surface area (Å²) in [7, 11) is 1.69. The number of rotatable bonds is 6. The van der Waals surface area contributed by atoms with E-state index in [0.29, 0.717) is 18.4 Å². The third-order valence-corrected chi connectivity index (χ3v) is 5.57. The van der Waals surface area contributed by atoms with Crippen LogP contribution in [0.4, 0.5) is 5.69 Å². The van der Waals surface area contributed by atoms with E-state index < -0.39 is 0 Å². The van der Waals surface area contributed by atoms with Crippen LogP contribution in [0, 0.1) is 17.8 Å². The summed E-state index contributed by atoms with van der Waals surface area (Å²) in [6.45, 7) is 3.42. The molecule has 1 aromatic rings. The van der Waals surface area contributed by atoms with Gasteiger partial charge in [-0.15, -0.1) is 24.8 Å². The minimum absolute atomic E-state index is 0. The first-order valence-electron chi connectivity index (χ1n) is 9.08. The van der Waals surface area contributed by atoms with Crippen LogP contribution in [0.15, 0.2) is 24.3 Å². The zero-order valence-electron chi connectivity index (χ0n) is 15.4. The fourth-order valence-corrected chi connectivity index (χ4v) is 4.08. The first-order chi connectivity index (χ1) is 11.7. The van der Waals surface area contributed by atoms with Gasteiger partial charge in [0.05, 0.1) is 7.11 Å². The predicted molar refractivity (Wildman–Crippen MR) is 111 cm³/mol. The van der Waals surface area contributed by atoms with Crippen LogP contribution in [-0.4, -0.2) is 39.2 Å². The molecule has 1 saturated heterocycles. The molecular formula is C19H31Cl2N3O2. The van der Waals surface area contributed by atoms with E-state index in [2.05, 4.69) is 22.3 Å². The van der Waals surface area contributed by atoms with E-state index in [4.69, 9.17) is 10.5 Å². The highest BCUT2D eigenvalue weighted by molar-refractivity contribution is 5.85. The Morgan fingerprint density at radius 1 is 1.31 bits per heavy atom. The second-order valence-electron chi connectivity index (χ2n) is 7.08. The topological polar surface area (TPSA) is 67.6 Å². The average molecular weight is 404 g/mol. The standard InChI is InChI=1S/C19H29N3O2.2ClH/c1-24-17-6-3-5-16(10-17)22-9-8-14(13-22)12-21-19(23)18-7-2-4-15(18)11-20;;/h3,5-6,10,14-15,18H,2,4,7-9,11-13,20H2,1H3,(H,21,23);2*1H/t14?,15-,18-;;/m1../s1. The number of carbonyl (C=O) groups excluding carboxylic acids is 1. The summed E-state index contributed by atoms with van der Waals surface area (Å²) < 4.78 is 5.30. The Morgan fingerprint density at radius 3 is 2.85 bits per heavy atom. The van der Waals surface area contributed by atoms with E-state index in [0.717, 1.165) is 51.1 Å². The van der Waals surface area contributed by atoms with Crippen LogP contribution in [0.25, 0.3) is 0 Å². The number of amides is 1. The molecule has 0 bridgehead atoms. The molecule has 1 aliphatic carbocycles. The number of hydrogen-bond acceptors (Lipinski definition) is 4. The van der Waals surface area contributed by atoms with Crippen molar-refractivity contribution in [3.63, 3.8) is 0 Å². The quantitative estimate of drug-likeness (QED) is 0.765. The third kappa shape index (κ3) is 5.41. The Balaban J connectivity index is 0.00000169. The molecule has 1 saturated carbocycles. The van der Waals surface area contributed by atoms with E-state index in [-0.39, 0.29) is 36.6 Å². The molecule has 1 aromatic carbocycles. The average Bonchev–Trinajstić information content (AvgIpc) is 3.28. The maximum atomic E-state index is 12.4. The van der Waals surface area contributed by atoms with Crippen molar-refractivity contribution in [2.45, 2.75) is 25.7 Å². The lowest BCUT2D eigenvalue weighted by atomic mass is 9.95. The van der Waals surface area contributed by atoms with Gasteiger partial charge in [0.1, 0.15) is 5.75 Å². The van der Waals surface area contributed by atoms with Gasteiger partial charge >= 0.3 is 0 Å². The molecule has 0 aromatic heterocycles. The smallest absolute Gasteiger partial charge is 0.223 e. The molecule has 5 nitrogen and oxygen atoms in total. The summed E-state index contributed by atoms with van der Waals surface area (Å²) in [5.74, 6) is 2.12. The molecule has 1 amide bonds. The summed E-state index contributed by atoms with van der Waals surface area (Å²) in [6.07, 6.45) is 4.34. The van der Waals surface area contributed by atoms with Gasteiger partial charge in [0, 0.05) is 37.3 Å². The highest BCUT2D eigenvalue weighted by atomic mass is 35.5. The fourth-order valence-electron chi connectivity index (χ4n) is 4.08. The second-order valence-corrected chi connectivity index (χ2v) is 7.08. The van der Waals surface area contributed by atoms with Gasteiger partial charge in [-0.05, 0) is 49.8 Å². The third-order valence-electron chi connectivity index (χ3n) is 5.57. The van der Waals surface area contributed by atoms with Crippen LogP contribution in [0.1, 0.15) is 25.7 Å². The van der Waals surface area contributed by atoms with Crippen molar-refractivity contribution in [2.75, 3.05) is 38.2 Å². The van der Waals surface area contributed by atoms with Crippen LogP contribution in [0.3, 0.4) is 0 Å². The van der Waals surface area contributed by atoms with Crippen molar-refractivity contribution in [3.05, 3.63) is 24.3 Å². The van der Waals surface area contributed by atoms with E-state index >= 15 is 0 Å². The molecule has 1 heterocycles. The maximum Gasteiger partial charge on any atom is 0.223 e. The predicted octanol–water partition coefficient (Wildman–Crippen LogP) is 2.86. The summed E-state index contributed by atoms with van der Waals surface area (Å²) >= 11 is 0. The molecule has 148 valence electrons. The van der Waals surface area contributed by atoms with Crippen LogP contribution in [-0.2, 0) is 4.79 Å². The lowest BCUT2D eigenvalue weighted by Crippen LogP contribution is -2.38. The Morgan fingerprint density at radius 2 is 2.12 bits per heavy atom. The number of nitrogens with two attached hydrogens (primary N) is 1. The van der Waals surface area contributed by atoms with E-state index in [1.807, 2.05) is 12.1 Å². The molecule has 1 aliphatic heterocycles. The van der Waals surface area contributed by atoms with Crippen LogP contribution in [0.2, 0.25) is 0 Å². The molecule has 3 N–H and O–H groups in total. The lowest BCUT2D eigenvalue weighted by molar-refractivity contribution is -0.126. The fraction of sp³-hybridized carbons (Fsp3) is 0.632. The monoisotopic (exact) mass is 403 g/mol. The first kappa shape index (κ1) is 22.9. The Bertz CT molecular complexity index is 573. The van der Waals surface area contributed by atoms with Gasteiger partial charge in [0.15, 0.2) is 0 Å². The van der Waals surface area contributed by atoms with Crippen molar-refractivity contribution in [2.24, 2.45) is 23.5 Å². The molecule has 7 heteroatoms. The lowest BCUT2D eigenvalue weighted by Gasteiger charge is -2.21. The summed E-state index contributed by atoms with van der Waals surface area (Å²) in [5.41, 5.74) is 6.99. The number of methoxy groups -OCH3 is 1. The summed E-state index contributed by atoms with van der Waals surface area (Å²) in [5, 5.41) is 3.18. The largest absolute Gasteiger partial charge is 0.497 e. The van der Waals surface area contributed by atoms with Gasteiger partial charge in [-0.25, -0.2) is 0 Å². The summed E-state index contributed by atoms with van der Waals surface area (Å²) in [6, 6.07) is 8.18. The molecule has 2 fully saturated rings. The number of hydrogen-bond donors (Lipinski definition) is 2. The highest BCUT2D eigenvalue weighted by Crippen LogP contribution is 2.31. The van der Waals surface area contributed by atoms with Crippen molar-refractivity contribution in [1.82, 2.24) is 5.32 Å². The number of benzene rings is 1. The minimum atomic E-state index is 0. The molecule has 0 spiro atoms. The maximum absolute atomic E-state index is 12.4. The zero-order chi connectivity index (χ0) is 16.9. The SMILES string of the molecule is COc1cccc(N2CCC(CNC(=O)[C@@H]3CCC[C@@H]3CN)C2)c1.Cl.Cl. The van der Waals surface area contributed by atoms with Gasteiger partial charge in [-0.1, -0.05) is 12.5 Å². The van der Waals surface area contributed by atoms with Crippen LogP contribution < -0.4 is 20.7 Å². The Kier molecular flexibility index (Phi) is 9.55. The number of halogens is 2. The highest BCUT2D eigenvalue weighted by Gasteiger charge is 2.32. The number of ether oxygens (including phenoxy) is 1. The normalized spacial score (nSPS) is 24.5. The minimum Gasteiger partial charge on any atom is -0.497 e. The molecule has 26 heavy (non-hydrogen) atoms. The van der Waals surface area contributed by atoms with Gasteiger partial charge in [0.25, 0.3) is 0 Å². The molecule has 1 unspecified atom stereocenters. The number of nitrogens with zero attached hydrogens (tertiary/aromatic N) is 1. The van der Waals surface area contributed by atoms with Crippen LogP contribution in [0.5, 0.6) is 5.75 Å². The number of anilines is 1. The molecule has 2 aliphatic rings.